The lowest BCUT2D eigenvalue weighted by molar-refractivity contribution is 0.418. The molecule has 0 radical (unpaired) electrons. The minimum absolute atomic E-state index is 0.926. The average Bonchev–Trinajstić information content (AvgIpc) is 2.56. The van der Waals surface area contributed by atoms with Gasteiger partial charge in [0.25, 0.3) is 0 Å². The molecule has 1 rings (SSSR count). The van der Waals surface area contributed by atoms with Gasteiger partial charge in [-0.1, -0.05) is 96.9 Å². The lowest BCUT2D eigenvalue weighted by Gasteiger charge is -2.17. The lowest BCUT2D eigenvalue weighted by Crippen LogP contribution is -2.02. The van der Waals surface area contributed by atoms with E-state index in [2.05, 4.69) is 45.1 Å². The van der Waals surface area contributed by atoms with E-state index in [4.69, 9.17) is 0 Å². The molecule has 1 saturated carbocycles. The van der Waals surface area contributed by atoms with Gasteiger partial charge in [-0.2, -0.15) is 0 Å². The summed E-state index contributed by atoms with van der Waals surface area (Å²) in [6.07, 6.45) is 24.4. The van der Waals surface area contributed by atoms with Gasteiger partial charge in [0.05, 0.1) is 0 Å². The maximum atomic E-state index is 2.47. The predicted molar refractivity (Wildman–Crippen MR) is 101 cm³/mol. The highest BCUT2D eigenvalue weighted by Gasteiger charge is 2.08. The molecule has 1 fully saturated rings. The van der Waals surface area contributed by atoms with E-state index in [1.54, 1.807) is 0 Å². The van der Waals surface area contributed by atoms with E-state index in [1.165, 1.54) is 70.6 Å². The van der Waals surface area contributed by atoms with E-state index in [9.17, 15) is 0 Å². The Balaban J connectivity index is 0. The first kappa shape index (κ1) is 22.8. The minimum atomic E-state index is 0.926. The van der Waals surface area contributed by atoms with Crippen LogP contribution in [0.4, 0.5) is 0 Å². The summed E-state index contributed by atoms with van der Waals surface area (Å²) in [7, 11) is 0. The third-order valence-electron chi connectivity index (χ3n) is 3.74. The quantitative estimate of drug-likeness (QED) is 0.329. The molecule has 0 aromatic heterocycles. The van der Waals surface area contributed by atoms with Crippen molar-refractivity contribution in [2.45, 2.75) is 105 Å². The predicted octanol–water partition coefficient (Wildman–Crippen LogP) is 8.09. The standard InChI is InChI=1S/C12H22.C7H14.C2H6/c1-2-3-4-6-9-12-10-7-5-8-11-12;1-3-5-7-6-4-2;1-2/h6,9,12H,2-5,7-8,10-11H2,1H3;3,5H,4,6-7H2,1-2H3;1-2H3/b9-6+;;. The highest BCUT2D eigenvalue weighted by molar-refractivity contribution is 4.89. The summed E-state index contributed by atoms with van der Waals surface area (Å²) < 4.78 is 0. The van der Waals surface area contributed by atoms with E-state index >= 15 is 0 Å². The number of hydrogen-bond acceptors (Lipinski definition) is 0. The molecule has 126 valence electrons. The Hall–Kier alpha value is -0.520. The maximum Gasteiger partial charge on any atom is -0.0234 e. The first-order valence-corrected chi connectivity index (χ1v) is 9.62. The van der Waals surface area contributed by atoms with Crippen molar-refractivity contribution < 1.29 is 0 Å². The summed E-state index contributed by atoms with van der Waals surface area (Å²) in [4.78, 5) is 0. The molecule has 0 amide bonds. The van der Waals surface area contributed by atoms with Crippen LogP contribution >= 0.6 is 0 Å². The SMILES string of the molecule is CC.CC=CCCCC.CCCC/C=C/C1CCCCC1. The Morgan fingerprint density at radius 2 is 1.33 bits per heavy atom. The van der Waals surface area contributed by atoms with Crippen molar-refractivity contribution >= 4 is 0 Å². The molecule has 0 aliphatic heterocycles. The van der Waals surface area contributed by atoms with E-state index in [0.717, 1.165) is 5.92 Å². The second kappa shape index (κ2) is 21.8. The maximum absolute atomic E-state index is 2.47. The zero-order valence-corrected chi connectivity index (χ0v) is 15.7. The van der Waals surface area contributed by atoms with Gasteiger partial charge in [-0.25, -0.2) is 0 Å². The van der Waals surface area contributed by atoms with Gasteiger partial charge in [0.15, 0.2) is 0 Å². The van der Waals surface area contributed by atoms with Crippen LogP contribution in [0.2, 0.25) is 0 Å². The molecule has 21 heavy (non-hydrogen) atoms. The summed E-state index contributed by atoms with van der Waals surface area (Å²) >= 11 is 0. The van der Waals surface area contributed by atoms with Gasteiger partial charge in [0, 0.05) is 0 Å². The fourth-order valence-electron chi connectivity index (χ4n) is 2.43. The van der Waals surface area contributed by atoms with Crippen molar-refractivity contribution in [1.29, 1.82) is 0 Å². The molecule has 0 N–H and O–H groups in total. The molecular weight excluding hydrogens is 252 g/mol. The molecule has 0 nitrogen and oxygen atoms in total. The summed E-state index contributed by atoms with van der Waals surface area (Å²) in [6.45, 7) is 10.5. The van der Waals surface area contributed by atoms with Crippen LogP contribution in [0.25, 0.3) is 0 Å². The van der Waals surface area contributed by atoms with Crippen molar-refractivity contribution in [2.75, 3.05) is 0 Å². The van der Waals surface area contributed by atoms with Crippen molar-refractivity contribution in [3.05, 3.63) is 24.3 Å². The largest absolute Gasteiger partial charge is 0.0917 e. The zero-order chi connectivity index (χ0) is 16.2. The molecule has 0 saturated heterocycles. The first-order chi connectivity index (χ1) is 10.3. The molecule has 0 bridgehead atoms. The Bertz CT molecular complexity index is 206. The molecule has 1 aliphatic carbocycles. The van der Waals surface area contributed by atoms with E-state index in [1.807, 2.05) is 13.8 Å². The molecule has 0 aromatic carbocycles. The average molecular weight is 295 g/mol. The summed E-state index contributed by atoms with van der Waals surface area (Å²) in [5, 5.41) is 0. The number of allylic oxidation sites excluding steroid dienone is 4. The van der Waals surface area contributed by atoms with Gasteiger partial charge >= 0.3 is 0 Å². The topological polar surface area (TPSA) is 0 Å². The number of unbranched alkanes of at least 4 members (excludes halogenated alkanes) is 4. The van der Waals surface area contributed by atoms with Gasteiger partial charge in [-0.3, -0.25) is 0 Å². The van der Waals surface area contributed by atoms with Crippen LogP contribution in [-0.2, 0) is 0 Å². The van der Waals surface area contributed by atoms with E-state index < -0.39 is 0 Å². The van der Waals surface area contributed by atoms with E-state index in [-0.39, 0.29) is 0 Å². The Labute approximate surface area is 136 Å². The second-order valence-electron chi connectivity index (χ2n) is 5.68. The number of hydrogen-bond donors (Lipinski definition) is 0. The van der Waals surface area contributed by atoms with Crippen molar-refractivity contribution in [3.8, 4) is 0 Å². The summed E-state index contributed by atoms with van der Waals surface area (Å²) in [5.74, 6) is 0.926. The normalized spacial score (nSPS) is 15.5. The van der Waals surface area contributed by atoms with Crippen LogP contribution < -0.4 is 0 Å². The monoisotopic (exact) mass is 294 g/mol. The molecule has 0 aromatic rings. The first-order valence-electron chi connectivity index (χ1n) is 9.62. The molecule has 0 spiro atoms. The molecular formula is C21H42. The highest BCUT2D eigenvalue weighted by atomic mass is 14.1. The lowest BCUT2D eigenvalue weighted by atomic mass is 9.89. The third kappa shape index (κ3) is 19.5. The van der Waals surface area contributed by atoms with Gasteiger partial charge in [-0.15, -0.1) is 0 Å². The smallest absolute Gasteiger partial charge is 0.0234 e. The van der Waals surface area contributed by atoms with Gasteiger partial charge in [-0.05, 0) is 38.5 Å². The van der Waals surface area contributed by atoms with Crippen LogP contribution in [0.15, 0.2) is 24.3 Å². The minimum Gasteiger partial charge on any atom is -0.0917 e. The van der Waals surface area contributed by atoms with E-state index in [0.29, 0.717) is 0 Å². The van der Waals surface area contributed by atoms with Gasteiger partial charge in [0.1, 0.15) is 0 Å². The molecule has 0 unspecified atom stereocenters. The zero-order valence-electron chi connectivity index (χ0n) is 15.7. The van der Waals surface area contributed by atoms with Crippen LogP contribution in [0.5, 0.6) is 0 Å². The Kier molecular flexibility index (Phi) is 23.6. The fraction of sp³-hybridized carbons (Fsp3) is 0.810. The van der Waals surface area contributed by atoms with Gasteiger partial charge < -0.3 is 0 Å². The van der Waals surface area contributed by atoms with Crippen molar-refractivity contribution in [2.24, 2.45) is 5.92 Å². The van der Waals surface area contributed by atoms with Crippen molar-refractivity contribution in [3.63, 3.8) is 0 Å². The van der Waals surface area contributed by atoms with Crippen molar-refractivity contribution in [1.82, 2.24) is 0 Å². The van der Waals surface area contributed by atoms with Gasteiger partial charge in [0.2, 0.25) is 0 Å². The van der Waals surface area contributed by atoms with Crippen LogP contribution in [0.1, 0.15) is 105 Å². The van der Waals surface area contributed by atoms with Crippen LogP contribution in [0.3, 0.4) is 0 Å². The fourth-order valence-corrected chi connectivity index (χ4v) is 2.43. The molecule has 0 heteroatoms. The summed E-state index contributed by atoms with van der Waals surface area (Å²) in [6, 6.07) is 0. The number of rotatable bonds is 7. The van der Waals surface area contributed by atoms with Crippen LogP contribution in [-0.4, -0.2) is 0 Å². The molecule has 0 heterocycles. The van der Waals surface area contributed by atoms with Crippen LogP contribution in [0, 0.1) is 5.92 Å². The molecule has 1 aliphatic rings. The Morgan fingerprint density at radius 3 is 1.81 bits per heavy atom. The third-order valence-corrected chi connectivity index (χ3v) is 3.74. The summed E-state index contributed by atoms with van der Waals surface area (Å²) in [5.41, 5.74) is 0. The Morgan fingerprint density at radius 1 is 0.810 bits per heavy atom. The molecule has 0 atom stereocenters. The second-order valence-corrected chi connectivity index (χ2v) is 5.68. The highest BCUT2D eigenvalue weighted by Crippen LogP contribution is 2.24.